The molecule has 0 aliphatic rings. The van der Waals surface area contributed by atoms with Gasteiger partial charge < -0.3 is 10.6 Å². The highest BCUT2D eigenvalue weighted by molar-refractivity contribution is 6.32. The molecule has 22 heavy (non-hydrogen) atoms. The number of pyridine rings is 1. The topological polar surface area (TPSA) is 71.8 Å². The van der Waals surface area contributed by atoms with Crippen LogP contribution in [0.4, 0.5) is 5.69 Å². The van der Waals surface area contributed by atoms with E-state index in [9.17, 15) is 4.79 Å². The van der Waals surface area contributed by atoms with Crippen LogP contribution in [-0.2, 0) is 18.4 Å². The van der Waals surface area contributed by atoms with Gasteiger partial charge in [-0.3, -0.25) is 9.48 Å². The first kappa shape index (κ1) is 16.3. The number of aryl methyl sites for hydroxylation is 1. The van der Waals surface area contributed by atoms with Crippen LogP contribution in [0, 0.1) is 6.92 Å². The largest absolute Gasteiger partial charge is 0.371 e. The third kappa shape index (κ3) is 3.76. The number of hydrogen-bond donors (Lipinski definition) is 2. The average molecular weight is 322 g/mol. The van der Waals surface area contributed by atoms with E-state index in [1.54, 1.807) is 29.2 Å². The number of halogens is 1. The van der Waals surface area contributed by atoms with Crippen LogP contribution in [0.15, 0.2) is 24.5 Å². The number of anilines is 1. The van der Waals surface area contributed by atoms with Crippen LogP contribution in [0.25, 0.3) is 0 Å². The molecule has 2 aromatic heterocycles. The quantitative estimate of drug-likeness (QED) is 0.801. The van der Waals surface area contributed by atoms with Gasteiger partial charge in [0.1, 0.15) is 6.04 Å². The summed E-state index contributed by atoms with van der Waals surface area (Å²) in [5.41, 5.74) is 2.70. The number of amides is 1. The summed E-state index contributed by atoms with van der Waals surface area (Å²) in [4.78, 5) is 16.3. The Morgan fingerprint density at radius 1 is 1.50 bits per heavy atom. The number of aromatic nitrogens is 3. The predicted molar refractivity (Wildman–Crippen MR) is 86.7 cm³/mol. The van der Waals surface area contributed by atoms with Crippen molar-refractivity contribution in [3.05, 3.63) is 40.9 Å². The van der Waals surface area contributed by atoms with E-state index in [1.807, 2.05) is 20.9 Å². The van der Waals surface area contributed by atoms with Gasteiger partial charge in [-0.2, -0.15) is 5.10 Å². The van der Waals surface area contributed by atoms with Gasteiger partial charge >= 0.3 is 0 Å². The fourth-order valence-electron chi connectivity index (χ4n) is 2.06. The summed E-state index contributed by atoms with van der Waals surface area (Å²) in [6.07, 6.45) is 4.02. The number of carbonyl (C=O) groups excluding carboxylic acids is 1. The maximum absolute atomic E-state index is 12.3. The smallest absolute Gasteiger partial charge is 0.242 e. The standard InChI is InChI=1S/C15H20ClN5O/c1-4-12(20-13-6-5-7-17-14(13)16)15(22)18-8-11-9-19-21(3)10(11)2/h5-7,9,12,20H,4,8H2,1-3H3,(H,18,22). The zero-order valence-electron chi connectivity index (χ0n) is 12.9. The molecule has 0 spiro atoms. The first-order valence-electron chi connectivity index (χ1n) is 7.15. The van der Waals surface area contributed by atoms with E-state index in [0.29, 0.717) is 23.8 Å². The van der Waals surface area contributed by atoms with Gasteiger partial charge in [-0.1, -0.05) is 18.5 Å². The molecule has 0 aliphatic heterocycles. The molecular formula is C15H20ClN5O. The second kappa shape index (κ2) is 7.26. The number of carbonyl (C=O) groups is 1. The van der Waals surface area contributed by atoms with Gasteiger partial charge in [0.05, 0.1) is 11.9 Å². The molecule has 2 N–H and O–H groups in total. The maximum Gasteiger partial charge on any atom is 0.242 e. The van der Waals surface area contributed by atoms with Crippen LogP contribution < -0.4 is 10.6 Å². The van der Waals surface area contributed by atoms with Crippen LogP contribution in [0.5, 0.6) is 0 Å². The Hall–Kier alpha value is -2.08. The van der Waals surface area contributed by atoms with Crippen molar-refractivity contribution in [2.75, 3.05) is 5.32 Å². The predicted octanol–water partition coefficient (Wildman–Crippen LogP) is 2.28. The normalized spacial score (nSPS) is 12.0. The molecule has 1 unspecified atom stereocenters. The van der Waals surface area contributed by atoms with E-state index in [2.05, 4.69) is 20.7 Å². The lowest BCUT2D eigenvalue weighted by Gasteiger charge is -2.18. The number of nitrogens with zero attached hydrogens (tertiary/aromatic N) is 3. The minimum Gasteiger partial charge on any atom is -0.371 e. The fraction of sp³-hybridized carbons (Fsp3) is 0.400. The summed E-state index contributed by atoms with van der Waals surface area (Å²) in [6.45, 7) is 4.37. The zero-order valence-corrected chi connectivity index (χ0v) is 13.7. The number of nitrogens with one attached hydrogen (secondary N) is 2. The summed E-state index contributed by atoms with van der Waals surface area (Å²) < 4.78 is 1.78. The second-order valence-corrected chi connectivity index (χ2v) is 5.40. The van der Waals surface area contributed by atoms with Crippen LogP contribution in [0.1, 0.15) is 24.6 Å². The van der Waals surface area contributed by atoms with Crippen LogP contribution >= 0.6 is 11.6 Å². The minimum absolute atomic E-state index is 0.0781. The van der Waals surface area contributed by atoms with Crippen LogP contribution in [0.2, 0.25) is 5.15 Å². The van der Waals surface area contributed by atoms with Gasteiger partial charge in [-0.25, -0.2) is 4.98 Å². The van der Waals surface area contributed by atoms with Crippen molar-refractivity contribution in [2.24, 2.45) is 7.05 Å². The van der Waals surface area contributed by atoms with Crippen LogP contribution in [0.3, 0.4) is 0 Å². The van der Waals surface area contributed by atoms with Gasteiger partial charge in [0.2, 0.25) is 5.91 Å². The maximum atomic E-state index is 12.3. The van der Waals surface area contributed by atoms with Gasteiger partial charge in [-0.15, -0.1) is 0 Å². The Kier molecular flexibility index (Phi) is 5.38. The SMILES string of the molecule is CCC(Nc1cccnc1Cl)C(=O)NCc1cnn(C)c1C. The lowest BCUT2D eigenvalue weighted by molar-refractivity contribution is -0.122. The summed E-state index contributed by atoms with van der Waals surface area (Å²) in [6, 6.07) is 3.22. The minimum atomic E-state index is -0.362. The lowest BCUT2D eigenvalue weighted by atomic mass is 10.2. The third-order valence-corrected chi connectivity index (χ3v) is 3.90. The van der Waals surface area contributed by atoms with Crippen molar-refractivity contribution in [3.63, 3.8) is 0 Å². The second-order valence-electron chi connectivity index (χ2n) is 5.04. The van der Waals surface area contributed by atoms with Gasteiger partial charge in [0.15, 0.2) is 5.15 Å². The molecular weight excluding hydrogens is 302 g/mol. The highest BCUT2D eigenvalue weighted by atomic mass is 35.5. The van der Waals surface area contributed by atoms with Crippen molar-refractivity contribution < 1.29 is 4.79 Å². The fourth-order valence-corrected chi connectivity index (χ4v) is 2.23. The first-order chi connectivity index (χ1) is 10.5. The molecule has 0 saturated heterocycles. The molecule has 0 fully saturated rings. The third-order valence-electron chi connectivity index (χ3n) is 3.60. The van der Waals surface area contributed by atoms with E-state index in [-0.39, 0.29) is 11.9 Å². The van der Waals surface area contributed by atoms with E-state index >= 15 is 0 Å². The van der Waals surface area contributed by atoms with Gasteiger partial charge in [-0.05, 0) is 25.5 Å². The average Bonchev–Trinajstić information content (AvgIpc) is 2.83. The Balaban J connectivity index is 1.97. The summed E-state index contributed by atoms with van der Waals surface area (Å²) in [5.74, 6) is -0.0781. The van der Waals surface area contributed by atoms with Crippen molar-refractivity contribution in [2.45, 2.75) is 32.9 Å². The molecule has 1 amide bonds. The Bertz CT molecular complexity index is 655. The van der Waals surface area contributed by atoms with E-state index in [1.165, 1.54) is 0 Å². The molecule has 0 saturated carbocycles. The molecule has 2 heterocycles. The van der Waals surface area contributed by atoms with Gasteiger partial charge in [0, 0.05) is 31.0 Å². The summed E-state index contributed by atoms with van der Waals surface area (Å²) in [5, 5.41) is 10.6. The van der Waals surface area contributed by atoms with Crippen molar-refractivity contribution in [3.8, 4) is 0 Å². The highest BCUT2D eigenvalue weighted by Crippen LogP contribution is 2.19. The van der Waals surface area contributed by atoms with E-state index < -0.39 is 0 Å². The van der Waals surface area contributed by atoms with Crippen molar-refractivity contribution in [1.82, 2.24) is 20.1 Å². The Morgan fingerprint density at radius 2 is 2.27 bits per heavy atom. The van der Waals surface area contributed by atoms with E-state index in [4.69, 9.17) is 11.6 Å². The molecule has 118 valence electrons. The molecule has 6 nitrogen and oxygen atoms in total. The highest BCUT2D eigenvalue weighted by Gasteiger charge is 2.17. The molecule has 0 aromatic carbocycles. The monoisotopic (exact) mass is 321 g/mol. The van der Waals surface area contributed by atoms with Crippen molar-refractivity contribution >= 4 is 23.2 Å². The lowest BCUT2D eigenvalue weighted by Crippen LogP contribution is -2.39. The molecule has 0 aliphatic carbocycles. The molecule has 2 aromatic rings. The first-order valence-corrected chi connectivity index (χ1v) is 7.53. The summed E-state index contributed by atoms with van der Waals surface area (Å²) in [7, 11) is 1.88. The molecule has 1 atom stereocenters. The Morgan fingerprint density at radius 3 is 2.86 bits per heavy atom. The molecule has 0 radical (unpaired) electrons. The van der Waals surface area contributed by atoms with Crippen molar-refractivity contribution in [1.29, 1.82) is 0 Å². The van der Waals surface area contributed by atoms with E-state index in [0.717, 1.165) is 11.3 Å². The summed E-state index contributed by atoms with van der Waals surface area (Å²) >= 11 is 6.01. The Labute approximate surface area is 134 Å². The van der Waals surface area contributed by atoms with Gasteiger partial charge in [0.25, 0.3) is 0 Å². The number of rotatable bonds is 6. The molecule has 2 rings (SSSR count). The number of hydrogen-bond acceptors (Lipinski definition) is 4. The molecule has 7 heteroatoms. The van der Waals surface area contributed by atoms with Crippen LogP contribution in [-0.4, -0.2) is 26.7 Å². The zero-order chi connectivity index (χ0) is 16.1. The molecule has 0 bridgehead atoms.